The summed E-state index contributed by atoms with van der Waals surface area (Å²) in [5.74, 6) is 2.32. The summed E-state index contributed by atoms with van der Waals surface area (Å²) in [5, 5.41) is 0.755. The van der Waals surface area contributed by atoms with Gasteiger partial charge in [0.2, 0.25) is 0 Å². The fourth-order valence-electron chi connectivity index (χ4n) is 2.29. The molecule has 0 fully saturated rings. The molecule has 2 aromatic rings. The summed E-state index contributed by atoms with van der Waals surface area (Å²) in [5.41, 5.74) is 2.10. The van der Waals surface area contributed by atoms with E-state index in [9.17, 15) is 0 Å². The highest BCUT2D eigenvalue weighted by molar-refractivity contribution is 6.31. The second kappa shape index (κ2) is 10.2. The molecular weight excluding hydrogens is 340 g/mol. The van der Waals surface area contributed by atoms with E-state index in [-0.39, 0.29) is 0 Å². The van der Waals surface area contributed by atoms with Crippen LogP contribution in [0.4, 0.5) is 0 Å². The Bertz CT molecular complexity index is 673. The molecule has 136 valence electrons. The summed E-state index contributed by atoms with van der Waals surface area (Å²) in [7, 11) is 0. The Morgan fingerprint density at radius 3 is 1.96 bits per heavy atom. The number of ether oxygens (including phenoxy) is 4. The molecule has 0 unspecified atom stereocenters. The summed E-state index contributed by atoms with van der Waals surface area (Å²) in [6.07, 6.45) is 0. The first-order valence-electron chi connectivity index (χ1n) is 8.44. The zero-order valence-corrected chi connectivity index (χ0v) is 15.8. The van der Waals surface area contributed by atoms with Crippen molar-refractivity contribution >= 4 is 11.6 Å². The van der Waals surface area contributed by atoms with E-state index in [1.165, 1.54) is 0 Å². The van der Waals surface area contributed by atoms with Crippen molar-refractivity contribution in [2.24, 2.45) is 0 Å². The summed E-state index contributed by atoms with van der Waals surface area (Å²) in [6.45, 7) is 8.47. The average Bonchev–Trinajstić information content (AvgIpc) is 2.62. The van der Waals surface area contributed by atoms with Gasteiger partial charge < -0.3 is 18.9 Å². The number of para-hydroxylation sites is 2. The first-order valence-corrected chi connectivity index (χ1v) is 8.82. The molecular formula is C20H25ClO4. The molecule has 0 aliphatic rings. The second-order valence-corrected chi connectivity index (χ2v) is 5.89. The molecule has 2 aromatic carbocycles. The van der Waals surface area contributed by atoms with Crippen molar-refractivity contribution in [2.45, 2.75) is 20.8 Å². The molecule has 0 aliphatic heterocycles. The van der Waals surface area contributed by atoms with Crippen molar-refractivity contribution in [1.29, 1.82) is 0 Å². The van der Waals surface area contributed by atoms with Gasteiger partial charge in [-0.05, 0) is 56.2 Å². The fraction of sp³-hybridized carbons (Fsp3) is 0.400. The van der Waals surface area contributed by atoms with E-state index < -0.39 is 0 Å². The maximum absolute atomic E-state index is 6.08. The van der Waals surface area contributed by atoms with E-state index >= 15 is 0 Å². The molecule has 0 N–H and O–H groups in total. The minimum Gasteiger partial charge on any atom is -0.491 e. The van der Waals surface area contributed by atoms with Crippen LogP contribution in [0.1, 0.15) is 18.1 Å². The third-order valence-corrected chi connectivity index (χ3v) is 4.20. The highest BCUT2D eigenvalue weighted by Gasteiger charge is 2.06. The standard InChI is InChI=1S/C20H25ClO4/c1-4-23-19-7-5-6-8-20(19)25-14-12-22-11-13-24-18-10-9-17(21)15(2)16(18)3/h5-10H,4,11-14H2,1-3H3. The van der Waals surface area contributed by atoms with Gasteiger partial charge in [-0.2, -0.15) is 0 Å². The van der Waals surface area contributed by atoms with Gasteiger partial charge in [-0.15, -0.1) is 0 Å². The lowest BCUT2D eigenvalue weighted by Gasteiger charge is -2.13. The molecule has 0 aromatic heterocycles. The summed E-state index contributed by atoms with van der Waals surface area (Å²) < 4.78 is 22.5. The number of rotatable bonds is 10. The minimum absolute atomic E-state index is 0.461. The lowest BCUT2D eigenvalue weighted by Crippen LogP contribution is -2.12. The summed E-state index contributed by atoms with van der Waals surface area (Å²) >= 11 is 6.08. The third-order valence-electron chi connectivity index (χ3n) is 3.79. The fourth-order valence-corrected chi connectivity index (χ4v) is 2.49. The highest BCUT2D eigenvalue weighted by atomic mass is 35.5. The van der Waals surface area contributed by atoms with Crippen LogP contribution in [0.5, 0.6) is 17.2 Å². The van der Waals surface area contributed by atoms with Crippen LogP contribution in [0, 0.1) is 13.8 Å². The van der Waals surface area contributed by atoms with Crippen molar-refractivity contribution in [3.63, 3.8) is 0 Å². The number of benzene rings is 2. The van der Waals surface area contributed by atoms with Crippen LogP contribution >= 0.6 is 11.6 Å². The monoisotopic (exact) mass is 364 g/mol. The van der Waals surface area contributed by atoms with Crippen LogP contribution in [0.3, 0.4) is 0 Å². The zero-order valence-electron chi connectivity index (χ0n) is 15.0. The molecule has 25 heavy (non-hydrogen) atoms. The van der Waals surface area contributed by atoms with Gasteiger partial charge in [-0.3, -0.25) is 0 Å². The van der Waals surface area contributed by atoms with E-state index in [1.807, 2.05) is 57.2 Å². The van der Waals surface area contributed by atoms with Gasteiger partial charge in [0.05, 0.1) is 19.8 Å². The molecule has 4 nitrogen and oxygen atoms in total. The van der Waals surface area contributed by atoms with E-state index in [2.05, 4.69) is 0 Å². The molecule has 0 saturated heterocycles. The minimum atomic E-state index is 0.461. The first-order chi connectivity index (χ1) is 12.1. The van der Waals surface area contributed by atoms with Crippen LogP contribution in [0.25, 0.3) is 0 Å². The maximum atomic E-state index is 6.08. The molecule has 0 aliphatic carbocycles. The summed E-state index contributed by atoms with van der Waals surface area (Å²) in [6, 6.07) is 11.4. The lowest BCUT2D eigenvalue weighted by atomic mass is 10.1. The van der Waals surface area contributed by atoms with Gasteiger partial charge in [0.1, 0.15) is 19.0 Å². The Kier molecular flexibility index (Phi) is 7.89. The highest BCUT2D eigenvalue weighted by Crippen LogP contribution is 2.27. The van der Waals surface area contributed by atoms with Gasteiger partial charge in [-0.1, -0.05) is 23.7 Å². The predicted octanol–water partition coefficient (Wildman–Crippen LogP) is 4.83. The Morgan fingerprint density at radius 1 is 0.720 bits per heavy atom. The molecule has 2 rings (SSSR count). The molecule has 5 heteroatoms. The Morgan fingerprint density at radius 2 is 1.32 bits per heavy atom. The zero-order chi connectivity index (χ0) is 18.1. The Labute approximate surface area is 154 Å². The van der Waals surface area contributed by atoms with Crippen LogP contribution < -0.4 is 14.2 Å². The van der Waals surface area contributed by atoms with Gasteiger partial charge in [0.25, 0.3) is 0 Å². The predicted molar refractivity (Wildman–Crippen MR) is 100 cm³/mol. The second-order valence-electron chi connectivity index (χ2n) is 5.48. The Balaban J connectivity index is 1.65. The quantitative estimate of drug-likeness (QED) is 0.566. The third kappa shape index (κ3) is 5.83. The maximum Gasteiger partial charge on any atom is 0.161 e. The number of halogens is 1. The lowest BCUT2D eigenvalue weighted by molar-refractivity contribution is 0.0754. The van der Waals surface area contributed by atoms with Crippen LogP contribution in [-0.4, -0.2) is 33.0 Å². The molecule has 0 spiro atoms. The van der Waals surface area contributed by atoms with Crippen LogP contribution in [0.15, 0.2) is 36.4 Å². The van der Waals surface area contributed by atoms with E-state index in [1.54, 1.807) is 0 Å². The van der Waals surface area contributed by atoms with Crippen molar-refractivity contribution in [3.05, 3.63) is 52.5 Å². The van der Waals surface area contributed by atoms with E-state index in [0.717, 1.165) is 33.4 Å². The van der Waals surface area contributed by atoms with E-state index in [4.69, 9.17) is 30.5 Å². The van der Waals surface area contributed by atoms with Crippen molar-refractivity contribution in [2.75, 3.05) is 33.0 Å². The average molecular weight is 365 g/mol. The van der Waals surface area contributed by atoms with Crippen molar-refractivity contribution < 1.29 is 18.9 Å². The van der Waals surface area contributed by atoms with Gasteiger partial charge in [0.15, 0.2) is 11.5 Å². The van der Waals surface area contributed by atoms with Gasteiger partial charge in [0, 0.05) is 5.02 Å². The molecule has 0 saturated carbocycles. The molecule has 0 radical (unpaired) electrons. The molecule has 0 atom stereocenters. The molecule has 0 amide bonds. The Hall–Kier alpha value is -1.91. The largest absolute Gasteiger partial charge is 0.491 e. The molecule has 0 heterocycles. The normalized spacial score (nSPS) is 10.6. The van der Waals surface area contributed by atoms with Crippen LogP contribution in [-0.2, 0) is 4.74 Å². The van der Waals surface area contributed by atoms with Gasteiger partial charge >= 0.3 is 0 Å². The van der Waals surface area contributed by atoms with Crippen LogP contribution in [0.2, 0.25) is 5.02 Å². The topological polar surface area (TPSA) is 36.9 Å². The van der Waals surface area contributed by atoms with Crippen molar-refractivity contribution in [1.82, 2.24) is 0 Å². The summed E-state index contributed by atoms with van der Waals surface area (Å²) in [4.78, 5) is 0. The SMILES string of the molecule is CCOc1ccccc1OCCOCCOc1ccc(Cl)c(C)c1C. The number of hydrogen-bond donors (Lipinski definition) is 0. The van der Waals surface area contributed by atoms with Crippen molar-refractivity contribution in [3.8, 4) is 17.2 Å². The number of hydrogen-bond acceptors (Lipinski definition) is 4. The van der Waals surface area contributed by atoms with E-state index in [0.29, 0.717) is 33.0 Å². The molecule has 0 bridgehead atoms. The van der Waals surface area contributed by atoms with Gasteiger partial charge in [-0.25, -0.2) is 0 Å². The first kappa shape index (κ1) is 19.4. The smallest absolute Gasteiger partial charge is 0.161 e.